The molecule has 0 heterocycles. The van der Waals surface area contributed by atoms with Crippen LogP contribution in [0, 0.1) is 5.41 Å². The number of likely N-dealkylation sites (N-methyl/N-ethyl adjacent to an activating group) is 1. The molecule has 0 fully saturated rings. The normalized spacial score (nSPS) is 12.7. The third-order valence-corrected chi connectivity index (χ3v) is 3.33. The molecule has 1 atom stereocenters. The Morgan fingerprint density at radius 3 is 2.24 bits per heavy atom. The van der Waals surface area contributed by atoms with Crippen LogP contribution in [0.5, 0.6) is 11.5 Å². The van der Waals surface area contributed by atoms with E-state index in [9.17, 15) is 4.79 Å². The molecule has 118 valence electrons. The maximum absolute atomic E-state index is 12.1. The molecular weight excluding hydrogens is 268 g/mol. The Morgan fingerprint density at radius 2 is 1.76 bits per heavy atom. The summed E-state index contributed by atoms with van der Waals surface area (Å²) in [5, 5.41) is 0. The van der Waals surface area contributed by atoms with Crippen molar-refractivity contribution in [3.8, 4) is 11.5 Å². The first-order valence-electron chi connectivity index (χ1n) is 7.03. The second-order valence-corrected chi connectivity index (χ2v) is 6.13. The molecular formula is C16H26N2O3. The monoisotopic (exact) mass is 294 g/mol. The highest BCUT2D eigenvalue weighted by Crippen LogP contribution is 2.19. The molecule has 0 aliphatic heterocycles. The van der Waals surface area contributed by atoms with Crippen LogP contribution in [0.15, 0.2) is 24.3 Å². The molecule has 0 spiro atoms. The van der Waals surface area contributed by atoms with Crippen LogP contribution >= 0.6 is 0 Å². The number of carbonyl (C=O) groups excluding carboxylic acids is 1. The van der Waals surface area contributed by atoms with Gasteiger partial charge in [-0.25, -0.2) is 0 Å². The van der Waals surface area contributed by atoms with E-state index in [4.69, 9.17) is 15.2 Å². The number of carbonyl (C=O) groups is 1. The molecule has 0 saturated heterocycles. The fourth-order valence-electron chi connectivity index (χ4n) is 1.69. The van der Waals surface area contributed by atoms with Crippen molar-refractivity contribution in [1.29, 1.82) is 0 Å². The van der Waals surface area contributed by atoms with Crippen molar-refractivity contribution in [3.05, 3.63) is 24.3 Å². The van der Waals surface area contributed by atoms with E-state index in [-0.39, 0.29) is 11.3 Å². The summed E-state index contributed by atoms with van der Waals surface area (Å²) in [7, 11) is 3.36. The molecule has 2 N–H and O–H groups in total. The van der Waals surface area contributed by atoms with Crippen molar-refractivity contribution in [2.45, 2.75) is 26.8 Å². The Hall–Kier alpha value is -1.75. The number of nitrogens with two attached hydrogens (primary N) is 1. The second kappa shape index (κ2) is 7.31. The lowest BCUT2D eigenvalue weighted by Crippen LogP contribution is -2.49. The summed E-state index contributed by atoms with van der Waals surface area (Å²) >= 11 is 0. The number of nitrogens with zero attached hydrogens (tertiary/aromatic N) is 1. The highest BCUT2D eigenvalue weighted by atomic mass is 16.5. The summed E-state index contributed by atoms with van der Waals surface area (Å²) in [5.74, 6) is 1.46. The fourth-order valence-corrected chi connectivity index (χ4v) is 1.69. The quantitative estimate of drug-likeness (QED) is 0.870. The van der Waals surface area contributed by atoms with Crippen molar-refractivity contribution in [2.24, 2.45) is 11.1 Å². The zero-order valence-electron chi connectivity index (χ0n) is 13.6. The summed E-state index contributed by atoms with van der Waals surface area (Å²) in [6.07, 6.45) is 0. The largest absolute Gasteiger partial charge is 0.497 e. The van der Waals surface area contributed by atoms with Crippen LogP contribution in [-0.4, -0.2) is 44.2 Å². The molecule has 0 aromatic heterocycles. The molecule has 5 nitrogen and oxygen atoms in total. The van der Waals surface area contributed by atoms with Crippen molar-refractivity contribution >= 4 is 5.91 Å². The fraction of sp³-hybridized carbons (Fsp3) is 0.562. The number of benzene rings is 1. The maximum Gasteiger partial charge on any atom is 0.239 e. The van der Waals surface area contributed by atoms with Gasteiger partial charge in [-0.2, -0.15) is 0 Å². The summed E-state index contributed by atoms with van der Waals surface area (Å²) in [4.78, 5) is 13.8. The number of hydrogen-bond donors (Lipinski definition) is 1. The van der Waals surface area contributed by atoms with Crippen LogP contribution in [0.1, 0.15) is 20.8 Å². The van der Waals surface area contributed by atoms with E-state index in [1.807, 2.05) is 45.0 Å². The number of rotatable bonds is 6. The zero-order chi connectivity index (χ0) is 16.0. The number of methoxy groups -OCH3 is 1. The number of ether oxygens (including phenoxy) is 2. The van der Waals surface area contributed by atoms with E-state index < -0.39 is 6.04 Å². The first-order chi connectivity index (χ1) is 9.75. The molecule has 0 radical (unpaired) electrons. The summed E-state index contributed by atoms with van der Waals surface area (Å²) in [5.41, 5.74) is 5.72. The van der Waals surface area contributed by atoms with Gasteiger partial charge in [-0.3, -0.25) is 4.79 Å². The molecule has 0 saturated carbocycles. The predicted octanol–water partition coefficient (Wildman–Crippen LogP) is 1.91. The van der Waals surface area contributed by atoms with Gasteiger partial charge in [-0.05, 0) is 29.7 Å². The average molecular weight is 294 g/mol. The van der Waals surface area contributed by atoms with Gasteiger partial charge >= 0.3 is 0 Å². The Labute approximate surface area is 127 Å². The van der Waals surface area contributed by atoms with Crippen molar-refractivity contribution in [1.82, 2.24) is 4.90 Å². The summed E-state index contributed by atoms with van der Waals surface area (Å²) < 4.78 is 10.7. The minimum Gasteiger partial charge on any atom is -0.497 e. The molecule has 21 heavy (non-hydrogen) atoms. The highest BCUT2D eigenvalue weighted by Gasteiger charge is 2.29. The lowest BCUT2D eigenvalue weighted by atomic mass is 9.86. The Morgan fingerprint density at radius 1 is 1.24 bits per heavy atom. The molecule has 0 aliphatic rings. The first kappa shape index (κ1) is 17.3. The molecule has 0 aliphatic carbocycles. The average Bonchev–Trinajstić information content (AvgIpc) is 2.45. The van der Waals surface area contributed by atoms with Gasteiger partial charge in [0.05, 0.1) is 19.7 Å². The van der Waals surface area contributed by atoms with Crippen LogP contribution in [0.25, 0.3) is 0 Å². The predicted molar refractivity (Wildman–Crippen MR) is 83.6 cm³/mol. The molecule has 1 aromatic carbocycles. The molecule has 1 unspecified atom stereocenters. The molecule has 1 rings (SSSR count). The molecule has 1 aromatic rings. The van der Waals surface area contributed by atoms with Crippen LogP contribution < -0.4 is 15.2 Å². The van der Waals surface area contributed by atoms with Gasteiger partial charge in [0.15, 0.2) is 0 Å². The van der Waals surface area contributed by atoms with E-state index in [0.717, 1.165) is 11.5 Å². The SMILES string of the molecule is COc1ccc(OCCN(C)C(=O)C(N)C(C)(C)C)cc1. The van der Waals surface area contributed by atoms with Crippen LogP contribution in [0.4, 0.5) is 0 Å². The topological polar surface area (TPSA) is 64.8 Å². The molecule has 1 amide bonds. The summed E-state index contributed by atoms with van der Waals surface area (Å²) in [6.45, 7) is 6.78. The van der Waals surface area contributed by atoms with Gasteiger partial charge in [0.25, 0.3) is 0 Å². The van der Waals surface area contributed by atoms with Gasteiger partial charge in [0, 0.05) is 7.05 Å². The van der Waals surface area contributed by atoms with E-state index in [2.05, 4.69) is 0 Å². The van der Waals surface area contributed by atoms with Crippen LogP contribution in [0.3, 0.4) is 0 Å². The Bertz CT molecular complexity index is 452. The van der Waals surface area contributed by atoms with Gasteiger partial charge in [0.1, 0.15) is 18.1 Å². The van der Waals surface area contributed by atoms with Crippen LogP contribution in [-0.2, 0) is 4.79 Å². The molecule has 0 bridgehead atoms. The standard InChI is InChI=1S/C16H26N2O3/c1-16(2,3)14(17)15(19)18(4)10-11-21-13-8-6-12(20-5)7-9-13/h6-9,14H,10-11,17H2,1-5H3. The van der Waals surface area contributed by atoms with E-state index in [0.29, 0.717) is 13.2 Å². The first-order valence-corrected chi connectivity index (χ1v) is 7.03. The van der Waals surface area contributed by atoms with Gasteiger partial charge in [-0.15, -0.1) is 0 Å². The van der Waals surface area contributed by atoms with Crippen molar-refractivity contribution in [2.75, 3.05) is 27.3 Å². The number of amides is 1. The van der Waals surface area contributed by atoms with E-state index >= 15 is 0 Å². The number of hydrogen-bond acceptors (Lipinski definition) is 4. The third kappa shape index (κ3) is 5.27. The van der Waals surface area contributed by atoms with Gasteiger partial charge < -0.3 is 20.1 Å². The molecule has 5 heteroatoms. The minimum absolute atomic E-state index is 0.0687. The summed E-state index contributed by atoms with van der Waals surface area (Å²) in [6, 6.07) is 6.83. The highest BCUT2D eigenvalue weighted by molar-refractivity contribution is 5.82. The minimum atomic E-state index is -0.511. The van der Waals surface area contributed by atoms with Crippen LogP contribution in [0.2, 0.25) is 0 Å². The third-order valence-electron chi connectivity index (χ3n) is 3.33. The van der Waals surface area contributed by atoms with Gasteiger partial charge in [0.2, 0.25) is 5.91 Å². The van der Waals surface area contributed by atoms with E-state index in [1.165, 1.54) is 0 Å². The van der Waals surface area contributed by atoms with Crippen molar-refractivity contribution in [3.63, 3.8) is 0 Å². The Kier molecular flexibility index (Phi) is 6.03. The van der Waals surface area contributed by atoms with Crippen molar-refractivity contribution < 1.29 is 14.3 Å². The van der Waals surface area contributed by atoms with E-state index in [1.54, 1.807) is 19.1 Å². The lowest BCUT2D eigenvalue weighted by Gasteiger charge is -2.29. The lowest BCUT2D eigenvalue weighted by molar-refractivity contribution is -0.133. The van der Waals surface area contributed by atoms with Gasteiger partial charge in [-0.1, -0.05) is 20.8 Å². The zero-order valence-corrected chi connectivity index (χ0v) is 13.6. The second-order valence-electron chi connectivity index (χ2n) is 6.13. The maximum atomic E-state index is 12.1. The Balaban J connectivity index is 2.42. The smallest absolute Gasteiger partial charge is 0.239 e.